The highest BCUT2D eigenvalue weighted by Crippen LogP contribution is 2.33. The molecular formula is C15H19N5O2S. The summed E-state index contributed by atoms with van der Waals surface area (Å²) >= 11 is 1.13. The van der Waals surface area contributed by atoms with E-state index in [1.165, 1.54) is 32.1 Å². The van der Waals surface area contributed by atoms with Crippen molar-refractivity contribution in [2.75, 3.05) is 11.9 Å². The summed E-state index contributed by atoms with van der Waals surface area (Å²) in [7, 11) is 0. The van der Waals surface area contributed by atoms with Crippen molar-refractivity contribution in [1.82, 2.24) is 14.3 Å². The van der Waals surface area contributed by atoms with E-state index in [-0.39, 0.29) is 5.56 Å². The summed E-state index contributed by atoms with van der Waals surface area (Å²) in [5.74, 6) is 0.795. The molecule has 0 aromatic carbocycles. The third-order valence-electron chi connectivity index (χ3n) is 3.89. The van der Waals surface area contributed by atoms with Gasteiger partial charge in [0.15, 0.2) is 0 Å². The Morgan fingerprint density at radius 3 is 2.87 bits per heavy atom. The smallest absolute Gasteiger partial charge is 0.257 e. The Hall–Kier alpha value is -2.22. The van der Waals surface area contributed by atoms with Crippen LogP contribution in [-0.4, -0.2) is 26.9 Å². The zero-order chi connectivity index (χ0) is 16.1. The number of anilines is 2. The minimum absolute atomic E-state index is 0.275. The van der Waals surface area contributed by atoms with Crippen LogP contribution in [0.1, 0.15) is 42.5 Å². The van der Waals surface area contributed by atoms with Crippen LogP contribution in [0.5, 0.6) is 5.88 Å². The summed E-state index contributed by atoms with van der Waals surface area (Å²) < 4.78 is 10.0. The number of hydrogen-bond donors (Lipinski definition) is 2. The number of nitrogens with two attached hydrogens (primary N) is 1. The highest BCUT2D eigenvalue weighted by molar-refractivity contribution is 7.11. The molecule has 7 nitrogen and oxygen atoms in total. The lowest BCUT2D eigenvalue weighted by Crippen LogP contribution is -2.18. The molecule has 122 valence electrons. The van der Waals surface area contributed by atoms with Crippen LogP contribution in [0.3, 0.4) is 0 Å². The van der Waals surface area contributed by atoms with E-state index in [0.717, 1.165) is 11.5 Å². The van der Waals surface area contributed by atoms with Crippen LogP contribution in [0.15, 0.2) is 18.6 Å². The average Bonchev–Trinajstić information content (AvgIpc) is 2.98. The van der Waals surface area contributed by atoms with E-state index in [4.69, 9.17) is 10.5 Å². The predicted molar refractivity (Wildman–Crippen MR) is 88.0 cm³/mol. The SMILES string of the molecule is NC(=O)c1c(OCC2CCCCC2)nsc1Nc1cnccn1. The molecule has 0 aliphatic heterocycles. The Bertz CT molecular complexity index is 655. The first-order chi connectivity index (χ1) is 11.2. The molecular weight excluding hydrogens is 314 g/mol. The minimum atomic E-state index is -0.566. The maximum Gasteiger partial charge on any atom is 0.257 e. The number of hydrogen-bond acceptors (Lipinski definition) is 7. The quantitative estimate of drug-likeness (QED) is 0.842. The van der Waals surface area contributed by atoms with Crippen molar-refractivity contribution in [1.29, 1.82) is 0 Å². The second-order valence-corrected chi connectivity index (χ2v) is 6.36. The molecule has 1 fully saturated rings. The van der Waals surface area contributed by atoms with E-state index >= 15 is 0 Å². The van der Waals surface area contributed by atoms with Gasteiger partial charge in [-0.1, -0.05) is 19.3 Å². The van der Waals surface area contributed by atoms with Crippen LogP contribution >= 0.6 is 11.5 Å². The van der Waals surface area contributed by atoms with Gasteiger partial charge in [-0.2, -0.15) is 4.37 Å². The summed E-state index contributed by atoms with van der Waals surface area (Å²) in [6, 6.07) is 0. The first-order valence-corrected chi connectivity index (χ1v) is 8.46. The first-order valence-electron chi connectivity index (χ1n) is 7.69. The second kappa shape index (κ2) is 7.36. The Labute approximate surface area is 138 Å². The number of ether oxygens (including phenoxy) is 1. The highest BCUT2D eigenvalue weighted by Gasteiger charge is 2.22. The van der Waals surface area contributed by atoms with E-state index in [0.29, 0.717) is 29.2 Å². The van der Waals surface area contributed by atoms with E-state index in [2.05, 4.69) is 19.7 Å². The van der Waals surface area contributed by atoms with Crippen molar-refractivity contribution in [2.45, 2.75) is 32.1 Å². The Morgan fingerprint density at radius 2 is 2.17 bits per heavy atom. The lowest BCUT2D eigenvalue weighted by Gasteiger charge is -2.21. The van der Waals surface area contributed by atoms with Crippen LogP contribution < -0.4 is 15.8 Å². The lowest BCUT2D eigenvalue weighted by atomic mass is 9.90. The van der Waals surface area contributed by atoms with Gasteiger partial charge in [0.25, 0.3) is 5.91 Å². The lowest BCUT2D eigenvalue weighted by molar-refractivity contribution is 0.0995. The highest BCUT2D eigenvalue weighted by atomic mass is 32.1. The summed E-state index contributed by atoms with van der Waals surface area (Å²) in [6.45, 7) is 0.578. The van der Waals surface area contributed by atoms with Gasteiger partial charge >= 0.3 is 0 Å². The van der Waals surface area contributed by atoms with E-state index < -0.39 is 5.91 Å². The summed E-state index contributed by atoms with van der Waals surface area (Å²) in [5, 5.41) is 3.54. The number of nitrogens with one attached hydrogen (secondary N) is 1. The largest absolute Gasteiger partial charge is 0.476 e. The number of aromatic nitrogens is 3. The van der Waals surface area contributed by atoms with Crippen LogP contribution in [0.25, 0.3) is 0 Å². The van der Waals surface area contributed by atoms with E-state index in [1.807, 2.05) is 0 Å². The number of nitrogens with zero attached hydrogens (tertiary/aromatic N) is 3. The molecule has 2 heterocycles. The fourth-order valence-electron chi connectivity index (χ4n) is 2.71. The van der Waals surface area contributed by atoms with Crippen molar-refractivity contribution in [3.05, 3.63) is 24.2 Å². The molecule has 0 atom stereocenters. The number of amides is 1. The zero-order valence-corrected chi connectivity index (χ0v) is 13.5. The molecule has 8 heteroatoms. The monoisotopic (exact) mass is 333 g/mol. The van der Waals surface area contributed by atoms with Crippen LogP contribution in [0.4, 0.5) is 10.8 Å². The Balaban J connectivity index is 1.71. The van der Waals surface area contributed by atoms with Gasteiger partial charge in [0.1, 0.15) is 16.4 Å². The average molecular weight is 333 g/mol. The van der Waals surface area contributed by atoms with Crippen molar-refractivity contribution in [3.8, 4) is 5.88 Å². The van der Waals surface area contributed by atoms with Crippen molar-refractivity contribution in [2.24, 2.45) is 11.7 Å². The van der Waals surface area contributed by atoms with Crippen LogP contribution in [-0.2, 0) is 0 Å². The molecule has 2 aromatic heterocycles. The summed E-state index contributed by atoms with van der Waals surface area (Å²) in [5.41, 5.74) is 5.77. The standard InChI is InChI=1S/C15H19N5O2S/c16-13(21)12-14(22-9-10-4-2-1-3-5-10)20-23-15(12)19-11-8-17-6-7-18-11/h6-8,10H,1-5,9H2,(H2,16,21)(H,18,19). The van der Waals surface area contributed by atoms with E-state index in [9.17, 15) is 4.79 Å². The topological polar surface area (TPSA) is 103 Å². The summed E-state index contributed by atoms with van der Waals surface area (Å²) in [4.78, 5) is 19.9. The molecule has 1 aliphatic carbocycles. The van der Waals surface area contributed by atoms with Crippen molar-refractivity contribution in [3.63, 3.8) is 0 Å². The molecule has 1 saturated carbocycles. The molecule has 23 heavy (non-hydrogen) atoms. The van der Waals surface area contributed by atoms with Crippen LogP contribution in [0.2, 0.25) is 0 Å². The molecule has 0 unspecified atom stereocenters. The van der Waals surface area contributed by atoms with Gasteiger partial charge in [-0.15, -0.1) is 0 Å². The number of rotatable bonds is 6. The normalized spacial score (nSPS) is 15.3. The molecule has 2 aromatic rings. The molecule has 0 bridgehead atoms. The number of carbonyl (C=O) groups is 1. The van der Waals surface area contributed by atoms with Gasteiger partial charge in [0.05, 0.1) is 12.8 Å². The fourth-order valence-corrected chi connectivity index (χ4v) is 3.45. The van der Waals surface area contributed by atoms with Gasteiger partial charge in [0, 0.05) is 12.4 Å². The van der Waals surface area contributed by atoms with Gasteiger partial charge in [-0.25, -0.2) is 4.98 Å². The van der Waals surface area contributed by atoms with E-state index in [1.54, 1.807) is 18.6 Å². The fraction of sp³-hybridized carbons (Fsp3) is 0.467. The van der Waals surface area contributed by atoms with Gasteiger partial charge < -0.3 is 15.8 Å². The molecule has 3 rings (SSSR count). The van der Waals surface area contributed by atoms with Gasteiger partial charge in [-0.05, 0) is 30.3 Å². The van der Waals surface area contributed by atoms with Crippen molar-refractivity contribution >= 4 is 28.3 Å². The molecule has 1 aliphatic rings. The maximum absolute atomic E-state index is 11.8. The predicted octanol–water partition coefficient (Wildman–Crippen LogP) is 2.73. The number of primary amides is 1. The summed E-state index contributed by atoms with van der Waals surface area (Å²) in [6.07, 6.45) is 10.8. The number of carbonyl (C=O) groups excluding carboxylic acids is 1. The Kier molecular flexibility index (Phi) is 5.02. The Morgan fingerprint density at radius 1 is 1.35 bits per heavy atom. The van der Waals surface area contributed by atoms with Crippen LogP contribution in [0, 0.1) is 5.92 Å². The third kappa shape index (κ3) is 3.95. The first kappa shape index (κ1) is 15.7. The van der Waals surface area contributed by atoms with Crippen molar-refractivity contribution < 1.29 is 9.53 Å². The molecule has 3 N–H and O–H groups in total. The molecule has 0 saturated heterocycles. The van der Waals surface area contributed by atoms with Gasteiger partial charge in [0.2, 0.25) is 5.88 Å². The zero-order valence-electron chi connectivity index (χ0n) is 12.7. The molecule has 1 amide bonds. The maximum atomic E-state index is 11.8. The molecule has 0 spiro atoms. The molecule has 0 radical (unpaired) electrons. The second-order valence-electron chi connectivity index (χ2n) is 5.59. The minimum Gasteiger partial charge on any atom is -0.476 e. The third-order valence-corrected chi connectivity index (χ3v) is 4.64. The van der Waals surface area contributed by atoms with Gasteiger partial charge in [-0.3, -0.25) is 9.78 Å².